The summed E-state index contributed by atoms with van der Waals surface area (Å²) in [5.41, 5.74) is 5.89. The molecule has 0 bridgehead atoms. The van der Waals surface area contributed by atoms with Gasteiger partial charge in [0.15, 0.2) is 5.82 Å². The Morgan fingerprint density at radius 3 is 2.54 bits per heavy atom. The minimum absolute atomic E-state index is 0.0782. The van der Waals surface area contributed by atoms with E-state index in [0.29, 0.717) is 18.1 Å². The molecule has 0 saturated carbocycles. The maximum Gasteiger partial charge on any atom is 0.225 e. The summed E-state index contributed by atoms with van der Waals surface area (Å²) in [5.74, 6) is 0.707. The molecule has 2 aromatic carbocycles. The Bertz CT molecular complexity index is 1360. The zero-order chi connectivity index (χ0) is 24.5. The summed E-state index contributed by atoms with van der Waals surface area (Å²) >= 11 is 6.08. The number of hydrogen-bond acceptors (Lipinski definition) is 5. The van der Waals surface area contributed by atoms with Crippen LogP contribution >= 0.6 is 11.6 Å². The molecule has 0 aliphatic carbocycles. The van der Waals surface area contributed by atoms with Crippen molar-refractivity contribution in [3.8, 4) is 5.69 Å². The number of aryl methyl sites for hydroxylation is 3. The summed E-state index contributed by atoms with van der Waals surface area (Å²) in [6.45, 7) is 8.01. The van der Waals surface area contributed by atoms with Crippen molar-refractivity contribution in [3.05, 3.63) is 76.1 Å². The molecule has 0 radical (unpaired) electrons. The second kappa shape index (κ2) is 9.66. The lowest BCUT2D eigenvalue weighted by Crippen LogP contribution is -2.43. The van der Waals surface area contributed by atoms with E-state index in [1.165, 1.54) is 5.56 Å². The Hall–Kier alpha value is -3.45. The van der Waals surface area contributed by atoms with Crippen LogP contribution in [0.3, 0.4) is 0 Å². The van der Waals surface area contributed by atoms with Crippen LogP contribution in [0.1, 0.15) is 35.4 Å². The standard InChI is InChI=1S/C27H29ClN6O/c1-17-6-8-20(9-7-17)15-29-27(35)21-5-4-14-33(16-21)26-25-24(18(2)30-31-26)19(3)34(32-25)23-12-10-22(28)11-13-23/h6-13,21H,4-5,14-16H2,1-3H3,(H,29,35)/t21-/m1/s1. The first kappa shape index (κ1) is 23.3. The fraction of sp³-hybridized carbons (Fsp3) is 0.333. The summed E-state index contributed by atoms with van der Waals surface area (Å²) in [5, 5.41) is 18.7. The summed E-state index contributed by atoms with van der Waals surface area (Å²) in [6, 6.07) is 15.9. The Morgan fingerprint density at radius 2 is 1.80 bits per heavy atom. The topological polar surface area (TPSA) is 75.9 Å². The lowest BCUT2D eigenvalue weighted by molar-refractivity contribution is -0.125. The minimum Gasteiger partial charge on any atom is -0.352 e. The maximum atomic E-state index is 13.0. The second-order valence-corrected chi connectivity index (χ2v) is 9.73. The number of anilines is 1. The number of carbonyl (C=O) groups excluding carboxylic acids is 1. The first-order valence-electron chi connectivity index (χ1n) is 12.0. The van der Waals surface area contributed by atoms with E-state index in [1.54, 1.807) is 0 Å². The van der Waals surface area contributed by atoms with Crippen LogP contribution in [-0.2, 0) is 11.3 Å². The number of nitrogens with zero attached hydrogens (tertiary/aromatic N) is 5. The van der Waals surface area contributed by atoms with Gasteiger partial charge in [0.2, 0.25) is 5.91 Å². The molecule has 0 unspecified atom stereocenters. The molecule has 35 heavy (non-hydrogen) atoms. The molecule has 1 aliphatic heterocycles. The predicted octanol–water partition coefficient (Wildman–Crippen LogP) is 4.93. The minimum atomic E-state index is -0.105. The van der Waals surface area contributed by atoms with Crippen molar-refractivity contribution in [1.82, 2.24) is 25.3 Å². The third kappa shape index (κ3) is 4.73. The molecule has 180 valence electrons. The van der Waals surface area contributed by atoms with Gasteiger partial charge in [-0.25, -0.2) is 4.68 Å². The van der Waals surface area contributed by atoms with Gasteiger partial charge in [-0.15, -0.1) is 5.10 Å². The van der Waals surface area contributed by atoms with E-state index in [-0.39, 0.29) is 11.8 Å². The van der Waals surface area contributed by atoms with Crippen LogP contribution in [0.4, 0.5) is 5.82 Å². The summed E-state index contributed by atoms with van der Waals surface area (Å²) < 4.78 is 1.91. The molecule has 1 amide bonds. The van der Waals surface area contributed by atoms with Crippen molar-refractivity contribution in [3.63, 3.8) is 0 Å². The van der Waals surface area contributed by atoms with E-state index in [2.05, 4.69) is 51.6 Å². The van der Waals surface area contributed by atoms with Crippen molar-refractivity contribution in [2.45, 2.75) is 40.2 Å². The normalized spacial score (nSPS) is 16.0. The zero-order valence-electron chi connectivity index (χ0n) is 20.3. The van der Waals surface area contributed by atoms with Gasteiger partial charge in [-0.1, -0.05) is 41.4 Å². The number of fused-ring (bicyclic) bond motifs is 1. The number of amides is 1. The fourth-order valence-corrected chi connectivity index (χ4v) is 4.91. The fourth-order valence-electron chi connectivity index (χ4n) is 4.78. The Labute approximate surface area is 210 Å². The van der Waals surface area contributed by atoms with Crippen LogP contribution in [0.2, 0.25) is 5.02 Å². The van der Waals surface area contributed by atoms with Gasteiger partial charge < -0.3 is 10.2 Å². The molecule has 1 saturated heterocycles. The van der Waals surface area contributed by atoms with Crippen LogP contribution in [0, 0.1) is 26.7 Å². The molecule has 1 fully saturated rings. The molecule has 1 aliphatic rings. The average molecular weight is 489 g/mol. The summed E-state index contributed by atoms with van der Waals surface area (Å²) in [4.78, 5) is 15.2. The van der Waals surface area contributed by atoms with E-state index in [1.807, 2.05) is 42.8 Å². The largest absolute Gasteiger partial charge is 0.352 e. The van der Waals surface area contributed by atoms with E-state index < -0.39 is 0 Å². The van der Waals surface area contributed by atoms with E-state index in [0.717, 1.165) is 58.7 Å². The number of aromatic nitrogens is 4. The highest BCUT2D eigenvalue weighted by atomic mass is 35.5. The first-order chi connectivity index (χ1) is 16.9. The molecular weight excluding hydrogens is 460 g/mol. The van der Waals surface area contributed by atoms with E-state index >= 15 is 0 Å². The van der Waals surface area contributed by atoms with Gasteiger partial charge in [0.25, 0.3) is 0 Å². The van der Waals surface area contributed by atoms with Gasteiger partial charge in [0.1, 0.15) is 5.52 Å². The molecule has 7 nitrogen and oxygen atoms in total. The highest BCUT2D eigenvalue weighted by Crippen LogP contribution is 2.31. The van der Waals surface area contributed by atoms with Gasteiger partial charge in [0.05, 0.1) is 28.4 Å². The average Bonchev–Trinajstić information content (AvgIpc) is 3.22. The van der Waals surface area contributed by atoms with Crippen LogP contribution in [-0.4, -0.2) is 39.0 Å². The highest BCUT2D eigenvalue weighted by Gasteiger charge is 2.29. The maximum absolute atomic E-state index is 13.0. The van der Waals surface area contributed by atoms with Crippen molar-refractivity contribution in [2.75, 3.05) is 18.0 Å². The number of benzene rings is 2. The lowest BCUT2D eigenvalue weighted by Gasteiger charge is -2.32. The molecule has 1 atom stereocenters. The molecule has 4 aromatic rings. The Morgan fingerprint density at radius 1 is 1.06 bits per heavy atom. The van der Waals surface area contributed by atoms with Crippen molar-refractivity contribution in [1.29, 1.82) is 0 Å². The monoisotopic (exact) mass is 488 g/mol. The van der Waals surface area contributed by atoms with Gasteiger partial charge in [-0.05, 0) is 63.4 Å². The quantitative estimate of drug-likeness (QED) is 0.431. The number of hydrogen-bond donors (Lipinski definition) is 1. The summed E-state index contributed by atoms with van der Waals surface area (Å²) in [6.07, 6.45) is 1.77. The zero-order valence-corrected chi connectivity index (χ0v) is 21.0. The van der Waals surface area contributed by atoms with Gasteiger partial charge in [-0.3, -0.25) is 4.79 Å². The van der Waals surface area contributed by atoms with Gasteiger partial charge in [-0.2, -0.15) is 10.2 Å². The number of halogens is 1. The van der Waals surface area contributed by atoms with Gasteiger partial charge in [0, 0.05) is 24.7 Å². The number of nitrogens with one attached hydrogen (secondary N) is 1. The number of carbonyl (C=O) groups is 1. The van der Waals surface area contributed by atoms with Crippen LogP contribution in [0.15, 0.2) is 48.5 Å². The molecule has 0 spiro atoms. The predicted molar refractivity (Wildman–Crippen MR) is 139 cm³/mol. The summed E-state index contributed by atoms with van der Waals surface area (Å²) in [7, 11) is 0. The highest BCUT2D eigenvalue weighted by molar-refractivity contribution is 6.30. The SMILES string of the molecule is Cc1ccc(CNC(=O)[C@@H]2CCCN(c3nnc(C)c4c(C)n(-c5ccc(Cl)cc5)nc34)C2)cc1. The van der Waals surface area contributed by atoms with E-state index in [4.69, 9.17) is 16.7 Å². The van der Waals surface area contributed by atoms with Crippen molar-refractivity contribution < 1.29 is 4.79 Å². The Balaban J connectivity index is 1.39. The molecule has 8 heteroatoms. The first-order valence-corrected chi connectivity index (χ1v) is 12.4. The van der Waals surface area contributed by atoms with Crippen molar-refractivity contribution in [2.24, 2.45) is 5.92 Å². The Kier molecular flexibility index (Phi) is 6.43. The molecule has 1 N–H and O–H groups in total. The van der Waals surface area contributed by atoms with Crippen molar-refractivity contribution >= 4 is 34.2 Å². The number of rotatable bonds is 5. The third-order valence-electron chi connectivity index (χ3n) is 6.73. The second-order valence-electron chi connectivity index (χ2n) is 9.29. The molecule has 5 rings (SSSR count). The van der Waals surface area contributed by atoms with Crippen LogP contribution in [0.25, 0.3) is 16.6 Å². The lowest BCUT2D eigenvalue weighted by atomic mass is 9.97. The molecule has 3 heterocycles. The molecular formula is C27H29ClN6O. The van der Waals surface area contributed by atoms with Crippen LogP contribution < -0.4 is 10.2 Å². The third-order valence-corrected chi connectivity index (χ3v) is 6.99. The van der Waals surface area contributed by atoms with Gasteiger partial charge >= 0.3 is 0 Å². The number of piperidine rings is 1. The van der Waals surface area contributed by atoms with E-state index in [9.17, 15) is 4.79 Å². The smallest absolute Gasteiger partial charge is 0.225 e. The molecule has 2 aromatic heterocycles. The van der Waals surface area contributed by atoms with Crippen LogP contribution in [0.5, 0.6) is 0 Å².